The minimum atomic E-state index is -0.332. The Hall–Kier alpha value is -1.82. The standard InChI is InChI=1S/C21H26Cl2N4O/c1-21(2,3)20(28)27-9-7-26(8-10-27)14-15-5-4-6-24-19(15)25-18-12-16(22)11-17(23)13-18/h4-6,11-13H,7-10,14H2,1-3H3,(H,24,25). The summed E-state index contributed by atoms with van der Waals surface area (Å²) in [6.45, 7) is 9.87. The second-order valence-corrected chi connectivity index (χ2v) is 8.99. The van der Waals surface area contributed by atoms with Gasteiger partial charge in [0.25, 0.3) is 0 Å². The van der Waals surface area contributed by atoms with Crippen molar-refractivity contribution in [1.82, 2.24) is 14.8 Å². The number of hydrogen-bond acceptors (Lipinski definition) is 4. The van der Waals surface area contributed by atoms with E-state index in [-0.39, 0.29) is 11.3 Å². The first kappa shape index (κ1) is 20.9. The van der Waals surface area contributed by atoms with Gasteiger partial charge in [0.1, 0.15) is 5.82 Å². The van der Waals surface area contributed by atoms with Crippen molar-refractivity contribution in [2.45, 2.75) is 27.3 Å². The van der Waals surface area contributed by atoms with Gasteiger partial charge in [-0.2, -0.15) is 0 Å². The van der Waals surface area contributed by atoms with Crippen LogP contribution in [0.3, 0.4) is 0 Å². The molecule has 3 rings (SSSR count). The van der Waals surface area contributed by atoms with E-state index in [4.69, 9.17) is 23.2 Å². The van der Waals surface area contributed by atoms with Crippen LogP contribution < -0.4 is 5.32 Å². The number of benzene rings is 1. The maximum atomic E-state index is 12.5. The van der Waals surface area contributed by atoms with Crippen LogP contribution in [0.1, 0.15) is 26.3 Å². The number of nitrogens with zero attached hydrogens (tertiary/aromatic N) is 3. The van der Waals surface area contributed by atoms with Crippen molar-refractivity contribution < 1.29 is 4.79 Å². The Labute approximate surface area is 176 Å². The molecule has 1 aliphatic rings. The van der Waals surface area contributed by atoms with E-state index in [1.807, 2.05) is 43.9 Å². The SMILES string of the molecule is CC(C)(C)C(=O)N1CCN(Cc2cccnc2Nc2cc(Cl)cc(Cl)c2)CC1. The van der Waals surface area contributed by atoms with Crippen molar-refractivity contribution in [2.75, 3.05) is 31.5 Å². The summed E-state index contributed by atoms with van der Waals surface area (Å²) in [4.78, 5) is 21.3. The van der Waals surface area contributed by atoms with Crippen molar-refractivity contribution in [3.05, 3.63) is 52.1 Å². The zero-order valence-corrected chi connectivity index (χ0v) is 18.0. The van der Waals surface area contributed by atoms with Gasteiger partial charge in [0, 0.05) is 65.6 Å². The molecule has 1 saturated heterocycles. The molecule has 1 aromatic carbocycles. The second-order valence-electron chi connectivity index (χ2n) is 8.11. The van der Waals surface area contributed by atoms with Crippen molar-refractivity contribution in [3.8, 4) is 0 Å². The lowest BCUT2D eigenvalue weighted by molar-refractivity contribution is -0.141. The highest BCUT2D eigenvalue weighted by Crippen LogP contribution is 2.26. The molecule has 28 heavy (non-hydrogen) atoms. The van der Waals surface area contributed by atoms with Crippen LogP contribution >= 0.6 is 23.2 Å². The topological polar surface area (TPSA) is 48.5 Å². The van der Waals surface area contributed by atoms with E-state index in [9.17, 15) is 4.79 Å². The Bertz CT molecular complexity index is 822. The molecular formula is C21H26Cl2N4O. The van der Waals surface area contributed by atoms with Crippen LogP contribution in [-0.2, 0) is 11.3 Å². The predicted octanol–water partition coefficient (Wildman–Crippen LogP) is 4.82. The summed E-state index contributed by atoms with van der Waals surface area (Å²) in [5.74, 6) is 1.00. The van der Waals surface area contributed by atoms with E-state index < -0.39 is 0 Å². The molecule has 0 radical (unpaired) electrons. The number of nitrogens with one attached hydrogen (secondary N) is 1. The third kappa shape index (κ3) is 5.37. The molecule has 5 nitrogen and oxygen atoms in total. The molecule has 7 heteroatoms. The van der Waals surface area contributed by atoms with Gasteiger partial charge < -0.3 is 10.2 Å². The molecule has 0 spiro atoms. The van der Waals surface area contributed by atoms with Gasteiger partial charge in [0.15, 0.2) is 0 Å². The van der Waals surface area contributed by atoms with Crippen molar-refractivity contribution in [3.63, 3.8) is 0 Å². The first-order valence-corrected chi connectivity index (χ1v) is 10.2. The van der Waals surface area contributed by atoms with Gasteiger partial charge in [0.2, 0.25) is 5.91 Å². The lowest BCUT2D eigenvalue weighted by Gasteiger charge is -2.37. The van der Waals surface area contributed by atoms with Crippen LogP contribution in [0.4, 0.5) is 11.5 Å². The van der Waals surface area contributed by atoms with Crippen molar-refractivity contribution in [1.29, 1.82) is 0 Å². The minimum absolute atomic E-state index is 0.216. The average Bonchev–Trinajstić information content (AvgIpc) is 2.62. The Morgan fingerprint density at radius 3 is 2.36 bits per heavy atom. The maximum absolute atomic E-state index is 12.5. The Morgan fingerprint density at radius 1 is 1.11 bits per heavy atom. The van der Waals surface area contributed by atoms with Gasteiger partial charge in [0.05, 0.1) is 0 Å². The predicted molar refractivity (Wildman–Crippen MR) is 115 cm³/mol. The molecule has 150 valence electrons. The summed E-state index contributed by atoms with van der Waals surface area (Å²) in [5, 5.41) is 4.47. The molecule has 2 aromatic rings. The molecule has 0 atom stereocenters. The summed E-state index contributed by atoms with van der Waals surface area (Å²) in [5.41, 5.74) is 1.56. The third-order valence-electron chi connectivity index (χ3n) is 4.71. The van der Waals surface area contributed by atoms with Crippen LogP contribution in [0.2, 0.25) is 10.0 Å². The summed E-state index contributed by atoms with van der Waals surface area (Å²) in [7, 11) is 0. The van der Waals surface area contributed by atoms with Gasteiger partial charge in [-0.15, -0.1) is 0 Å². The van der Waals surface area contributed by atoms with Crippen molar-refractivity contribution in [2.24, 2.45) is 5.41 Å². The number of halogens is 2. The Balaban J connectivity index is 1.65. The smallest absolute Gasteiger partial charge is 0.228 e. The van der Waals surface area contributed by atoms with Crippen LogP contribution in [0.15, 0.2) is 36.5 Å². The van der Waals surface area contributed by atoms with E-state index in [1.54, 1.807) is 12.3 Å². The molecule has 0 aliphatic carbocycles. The molecule has 2 heterocycles. The highest BCUT2D eigenvalue weighted by molar-refractivity contribution is 6.35. The lowest BCUT2D eigenvalue weighted by Crippen LogP contribution is -2.51. The number of piperazine rings is 1. The lowest BCUT2D eigenvalue weighted by atomic mass is 9.94. The number of hydrogen-bond donors (Lipinski definition) is 1. The highest BCUT2D eigenvalue weighted by atomic mass is 35.5. The zero-order valence-electron chi connectivity index (χ0n) is 16.5. The number of rotatable bonds is 4. The largest absolute Gasteiger partial charge is 0.340 e. The molecule has 1 aliphatic heterocycles. The molecule has 1 amide bonds. The number of amides is 1. The van der Waals surface area contributed by atoms with E-state index in [2.05, 4.69) is 21.3 Å². The quantitative estimate of drug-likeness (QED) is 0.769. The monoisotopic (exact) mass is 420 g/mol. The fraction of sp³-hybridized carbons (Fsp3) is 0.429. The van der Waals surface area contributed by atoms with Gasteiger partial charge in [-0.1, -0.05) is 50.0 Å². The maximum Gasteiger partial charge on any atom is 0.228 e. The Kier molecular flexibility index (Phi) is 6.48. The molecule has 1 N–H and O–H groups in total. The molecule has 0 unspecified atom stereocenters. The van der Waals surface area contributed by atoms with E-state index in [0.717, 1.165) is 49.8 Å². The van der Waals surface area contributed by atoms with Crippen molar-refractivity contribution >= 4 is 40.6 Å². The number of anilines is 2. The van der Waals surface area contributed by atoms with Crippen LogP contribution in [0.5, 0.6) is 0 Å². The summed E-state index contributed by atoms with van der Waals surface area (Å²) in [6, 6.07) is 9.34. The minimum Gasteiger partial charge on any atom is -0.340 e. The van der Waals surface area contributed by atoms with Gasteiger partial charge >= 0.3 is 0 Å². The van der Waals surface area contributed by atoms with Crippen LogP contribution in [0, 0.1) is 5.41 Å². The summed E-state index contributed by atoms with van der Waals surface area (Å²) in [6.07, 6.45) is 1.76. The molecule has 1 fully saturated rings. The zero-order chi connectivity index (χ0) is 20.3. The summed E-state index contributed by atoms with van der Waals surface area (Å²) < 4.78 is 0. The summed E-state index contributed by atoms with van der Waals surface area (Å²) >= 11 is 12.2. The van der Waals surface area contributed by atoms with E-state index in [0.29, 0.717) is 10.0 Å². The van der Waals surface area contributed by atoms with E-state index >= 15 is 0 Å². The molecular weight excluding hydrogens is 395 g/mol. The first-order chi connectivity index (χ1) is 13.2. The van der Waals surface area contributed by atoms with Crippen LogP contribution in [0.25, 0.3) is 0 Å². The molecule has 1 aromatic heterocycles. The van der Waals surface area contributed by atoms with Gasteiger partial charge in [-0.25, -0.2) is 4.98 Å². The van der Waals surface area contributed by atoms with Gasteiger partial charge in [-0.3, -0.25) is 9.69 Å². The first-order valence-electron chi connectivity index (χ1n) is 9.41. The molecule has 0 bridgehead atoms. The van der Waals surface area contributed by atoms with Gasteiger partial charge in [-0.05, 0) is 24.3 Å². The van der Waals surface area contributed by atoms with E-state index in [1.165, 1.54) is 0 Å². The fourth-order valence-corrected chi connectivity index (χ4v) is 3.79. The number of carbonyl (C=O) groups is 1. The normalized spacial score (nSPS) is 15.5. The third-order valence-corrected chi connectivity index (χ3v) is 5.15. The fourth-order valence-electron chi connectivity index (χ4n) is 3.27. The number of carbonyl (C=O) groups excluding carboxylic acids is 1. The Morgan fingerprint density at radius 2 is 1.75 bits per heavy atom. The average molecular weight is 421 g/mol. The van der Waals surface area contributed by atoms with Crippen LogP contribution in [-0.4, -0.2) is 46.9 Å². The highest BCUT2D eigenvalue weighted by Gasteiger charge is 2.29. The second kappa shape index (κ2) is 8.68. The number of pyridine rings is 1. The molecule has 0 saturated carbocycles. The number of aromatic nitrogens is 1.